The third-order valence-corrected chi connectivity index (χ3v) is 3.64. The normalized spacial score (nSPS) is 17.6. The molecule has 8 heteroatoms. The fourth-order valence-electron chi connectivity index (χ4n) is 2.53. The number of piperidine rings is 1. The molecule has 0 aromatic heterocycles. The van der Waals surface area contributed by atoms with Gasteiger partial charge in [-0.1, -0.05) is 6.58 Å². The Morgan fingerprint density at radius 1 is 1.46 bits per heavy atom. The summed E-state index contributed by atoms with van der Waals surface area (Å²) in [6.45, 7) is 0.832. The van der Waals surface area contributed by atoms with Crippen molar-refractivity contribution in [2.75, 3.05) is 18.4 Å². The molecule has 6 nitrogen and oxygen atoms in total. The quantitative estimate of drug-likeness (QED) is 0.637. The Kier molecular flexibility index (Phi) is 5.86. The second kappa shape index (κ2) is 7.87. The molecule has 1 heterocycles. The lowest BCUT2D eigenvalue weighted by Crippen LogP contribution is -2.43. The molecule has 1 aromatic carbocycles. The standard InChI is InChI=1S/C16H18F2N2O4/c1-2-14(22)19-10-5-6-13(21)12(8-10)15(23)20-7-3-4-11(9-20)24-16(17)18/h2,5-6,8,11,16,21H,1,3-4,7,9H2,(H,19,22). The largest absolute Gasteiger partial charge is 0.507 e. The number of rotatable bonds is 5. The number of ether oxygens (including phenoxy) is 1. The lowest BCUT2D eigenvalue weighted by atomic mass is 10.1. The van der Waals surface area contributed by atoms with E-state index in [-0.39, 0.29) is 17.9 Å². The number of nitrogens with zero attached hydrogens (tertiary/aromatic N) is 1. The summed E-state index contributed by atoms with van der Waals surface area (Å²) in [6.07, 6.45) is 1.30. The molecular weight excluding hydrogens is 322 g/mol. The molecule has 0 aliphatic carbocycles. The summed E-state index contributed by atoms with van der Waals surface area (Å²) < 4.78 is 29.1. The maximum Gasteiger partial charge on any atom is 0.345 e. The van der Waals surface area contributed by atoms with Crippen molar-refractivity contribution in [1.82, 2.24) is 4.90 Å². The lowest BCUT2D eigenvalue weighted by Gasteiger charge is -2.32. The topological polar surface area (TPSA) is 78.9 Å². The number of anilines is 1. The van der Waals surface area contributed by atoms with E-state index in [0.717, 1.165) is 6.08 Å². The smallest absolute Gasteiger partial charge is 0.345 e. The van der Waals surface area contributed by atoms with Crippen molar-refractivity contribution in [3.05, 3.63) is 36.4 Å². The van der Waals surface area contributed by atoms with Gasteiger partial charge in [-0.05, 0) is 37.1 Å². The SMILES string of the molecule is C=CC(=O)Nc1ccc(O)c(C(=O)N2CCCC(OC(F)F)C2)c1. The minimum absolute atomic E-state index is 0.0189. The molecule has 1 saturated heterocycles. The fraction of sp³-hybridized carbons (Fsp3) is 0.375. The fourth-order valence-corrected chi connectivity index (χ4v) is 2.53. The van der Waals surface area contributed by atoms with Gasteiger partial charge in [-0.2, -0.15) is 8.78 Å². The van der Waals surface area contributed by atoms with E-state index in [0.29, 0.717) is 25.1 Å². The van der Waals surface area contributed by atoms with Gasteiger partial charge in [-0.25, -0.2) is 0 Å². The predicted octanol–water partition coefficient (Wildman–Crippen LogP) is 2.36. The van der Waals surface area contributed by atoms with Gasteiger partial charge in [0.15, 0.2) is 0 Å². The number of amides is 2. The number of benzene rings is 1. The third kappa shape index (κ3) is 4.51. The Morgan fingerprint density at radius 3 is 2.88 bits per heavy atom. The van der Waals surface area contributed by atoms with Gasteiger partial charge in [0.1, 0.15) is 5.75 Å². The number of halogens is 2. The van der Waals surface area contributed by atoms with Crippen LogP contribution in [-0.4, -0.2) is 47.6 Å². The Bertz CT molecular complexity index is 637. The second-order valence-electron chi connectivity index (χ2n) is 5.34. The molecule has 1 aliphatic heterocycles. The number of alkyl halides is 2. The van der Waals surface area contributed by atoms with Crippen LogP contribution in [0.4, 0.5) is 14.5 Å². The molecule has 1 aliphatic rings. The summed E-state index contributed by atoms with van der Waals surface area (Å²) in [5.74, 6) is -1.22. The van der Waals surface area contributed by atoms with Gasteiger partial charge >= 0.3 is 6.61 Å². The van der Waals surface area contributed by atoms with Crippen molar-refractivity contribution < 1.29 is 28.2 Å². The van der Waals surface area contributed by atoms with E-state index >= 15 is 0 Å². The first-order valence-corrected chi connectivity index (χ1v) is 7.40. The molecule has 24 heavy (non-hydrogen) atoms. The molecule has 0 spiro atoms. The van der Waals surface area contributed by atoms with Gasteiger partial charge in [-0.15, -0.1) is 0 Å². The van der Waals surface area contributed by atoms with E-state index in [1.54, 1.807) is 0 Å². The van der Waals surface area contributed by atoms with Crippen LogP contribution in [0.3, 0.4) is 0 Å². The Balaban J connectivity index is 2.14. The van der Waals surface area contributed by atoms with Crippen LogP contribution in [-0.2, 0) is 9.53 Å². The first-order chi connectivity index (χ1) is 11.4. The monoisotopic (exact) mass is 340 g/mol. The number of likely N-dealkylation sites (tertiary alicyclic amines) is 1. The number of phenols is 1. The Hall–Kier alpha value is -2.48. The maximum atomic E-state index is 12.5. The summed E-state index contributed by atoms with van der Waals surface area (Å²) in [7, 11) is 0. The van der Waals surface area contributed by atoms with Crippen LogP contribution >= 0.6 is 0 Å². The van der Waals surface area contributed by atoms with Crippen molar-refractivity contribution in [2.24, 2.45) is 0 Å². The molecule has 1 fully saturated rings. The van der Waals surface area contributed by atoms with E-state index in [1.807, 2.05) is 0 Å². The summed E-state index contributed by atoms with van der Waals surface area (Å²) in [6, 6.07) is 4.05. The van der Waals surface area contributed by atoms with Crippen LogP contribution in [0.15, 0.2) is 30.9 Å². The molecule has 130 valence electrons. The predicted molar refractivity (Wildman–Crippen MR) is 82.9 cm³/mol. The van der Waals surface area contributed by atoms with Crippen LogP contribution in [0.25, 0.3) is 0 Å². The molecule has 2 amide bonds. The zero-order valence-electron chi connectivity index (χ0n) is 12.9. The molecule has 0 saturated carbocycles. The molecule has 1 unspecified atom stereocenters. The highest BCUT2D eigenvalue weighted by Crippen LogP contribution is 2.25. The molecule has 1 atom stereocenters. The highest BCUT2D eigenvalue weighted by molar-refractivity contribution is 6.02. The number of nitrogens with one attached hydrogen (secondary N) is 1. The van der Waals surface area contributed by atoms with Gasteiger partial charge in [-0.3, -0.25) is 9.59 Å². The molecule has 2 rings (SSSR count). The number of carbonyl (C=O) groups excluding carboxylic acids is 2. The minimum Gasteiger partial charge on any atom is -0.507 e. The number of phenolic OH excluding ortho intramolecular Hbond substituents is 1. The molecule has 2 N–H and O–H groups in total. The van der Waals surface area contributed by atoms with Crippen LogP contribution in [0.2, 0.25) is 0 Å². The van der Waals surface area contributed by atoms with Crippen LogP contribution < -0.4 is 5.32 Å². The van der Waals surface area contributed by atoms with Gasteiger partial charge < -0.3 is 20.1 Å². The summed E-state index contributed by atoms with van der Waals surface area (Å²) in [4.78, 5) is 25.2. The van der Waals surface area contributed by atoms with Crippen molar-refractivity contribution in [3.8, 4) is 5.75 Å². The molecule has 1 aromatic rings. The molecule has 0 bridgehead atoms. The molecule has 0 radical (unpaired) electrons. The number of aromatic hydroxyl groups is 1. The second-order valence-corrected chi connectivity index (χ2v) is 5.34. The Labute approximate surface area is 137 Å². The summed E-state index contributed by atoms with van der Waals surface area (Å²) in [5.41, 5.74) is 0.299. The summed E-state index contributed by atoms with van der Waals surface area (Å²) in [5, 5.41) is 12.4. The zero-order chi connectivity index (χ0) is 17.7. The van der Waals surface area contributed by atoms with E-state index in [9.17, 15) is 23.5 Å². The van der Waals surface area contributed by atoms with Crippen LogP contribution in [0.5, 0.6) is 5.75 Å². The van der Waals surface area contributed by atoms with E-state index in [4.69, 9.17) is 0 Å². The molecular formula is C16H18F2N2O4. The number of carbonyl (C=O) groups is 2. The average Bonchev–Trinajstić information content (AvgIpc) is 2.55. The van der Waals surface area contributed by atoms with Gasteiger partial charge in [0.2, 0.25) is 5.91 Å². The summed E-state index contributed by atoms with van der Waals surface area (Å²) >= 11 is 0. The van der Waals surface area contributed by atoms with E-state index in [2.05, 4.69) is 16.6 Å². The van der Waals surface area contributed by atoms with Gasteiger partial charge in [0, 0.05) is 18.8 Å². The first-order valence-electron chi connectivity index (χ1n) is 7.40. The van der Waals surface area contributed by atoms with E-state index in [1.165, 1.54) is 23.1 Å². The number of hydrogen-bond donors (Lipinski definition) is 2. The van der Waals surface area contributed by atoms with E-state index < -0.39 is 24.5 Å². The minimum atomic E-state index is -2.89. The van der Waals surface area contributed by atoms with Crippen LogP contribution in [0.1, 0.15) is 23.2 Å². The van der Waals surface area contributed by atoms with Crippen molar-refractivity contribution in [1.29, 1.82) is 0 Å². The lowest BCUT2D eigenvalue weighted by molar-refractivity contribution is -0.172. The van der Waals surface area contributed by atoms with Crippen molar-refractivity contribution >= 4 is 17.5 Å². The Morgan fingerprint density at radius 2 is 2.21 bits per heavy atom. The first kappa shape index (κ1) is 17.9. The highest BCUT2D eigenvalue weighted by atomic mass is 19.3. The maximum absolute atomic E-state index is 12.5. The van der Waals surface area contributed by atoms with Crippen molar-refractivity contribution in [3.63, 3.8) is 0 Å². The third-order valence-electron chi connectivity index (χ3n) is 3.64. The van der Waals surface area contributed by atoms with Gasteiger partial charge in [0.25, 0.3) is 5.91 Å². The van der Waals surface area contributed by atoms with Crippen LogP contribution in [0, 0.1) is 0 Å². The highest BCUT2D eigenvalue weighted by Gasteiger charge is 2.28. The van der Waals surface area contributed by atoms with Gasteiger partial charge in [0.05, 0.1) is 11.7 Å². The number of hydrogen-bond acceptors (Lipinski definition) is 4. The zero-order valence-corrected chi connectivity index (χ0v) is 12.9. The average molecular weight is 340 g/mol. The van der Waals surface area contributed by atoms with Crippen molar-refractivity contribution in [2.45, 2.75) is 25.6 Å².